The van der Waals surface area contributed by atoms with E-state index in [0.717, 1.165) is 42.8 Å². The lowest BCUT2D eigenvalue weighted by molar-refractivity contribution is 0.0951. The lowest BCUT2D eigenvalue weighted by atomic mass is 9.80. The van der Waals surface area contributed by atoms with E-state index < -0.39 is 0 Å². The number of ether oxygens (including phenoxy) is 1. The zero-order valence-electron chi connectivity index (χ0n) is 13.5. The van der Waals surface area contributed by atoms with Crippen LogP contribution in [0.1, 0.15) is 49.9 Å². The van der Waals surface area contributed by atoms with Gasteiger partial charge < -0.3 is 10.1 Å². The minimum absolute atomic E-state index is 0.325. The fourth-order valence-electron chi connectivity index (χ4n) is 3.08. The standard InChI is InChI=1S/C17H28N2O/c1-11-6-7-15(9-12(11)2)20-17-16(10-18-5)13(3)8-14(4)19-17/h8,11-12,15,18H,6-7,9-10H2,1-5H3. The van der Waals surface area contributed by atoms with E-state index >= 15 is 0 Å². The summed E-state index contributed by atoms with van der Waals surface area (Å²) >= 11 is 0. The molecule has 1 heterocycles. The van der Waals surface area contributed by atoms with Crippen LogP contribution >= 0.6 is 0 Å². The molecule has 0 aliphatic heterocycles. The molecule has 1 fully saturated rings. The highest BCUT2D eigenvalue weighted by molar-refractivity contribution is 5.36. The zero-order chi connectivity index (χ0) is 14.7. The van der Waals surface area contributed by atoms with Gasteiger partial charge in [-0.2, -0.15) is 0 Å². The Morgan fingerprint density at radius 1 is 1.25 bits per heavy atom. The Hall–Kier alpha value is -1.09. The van der Waals surface area contributed by atoms with E-state index in [1.54, 1.807) is 0 Å². The molecule has 0 bridgehead atoms. The van der Waals surface area contributed by atoms with Crippen molar-refractivity contribution in [3.63, 3.8) is 0 Å². The van der Waals surface area contributed by atoms with Crippen molar-refractivity contribution >= 4 is 0 Å². The van der Waals surface area contributed by atoms with Gasteiger partial charge in [0.05, 0.1) is 0 Å². The first kappa shape index (κ1) is 15.3. The van der Waals surface area contributed by atoms with E-state index in [2.05, 4.69) is 37.1 Å². The van der Waals surface area contributed by atoms with Crippen molar-refractivity contribution < 1.29 is 4.74 Å². The van der Waals surface area contributed by atoms with Gasteiger partial charge in [0.2, 0.25) is 5.88 Å². The molecule has 0 radical (unpaired) electrons. The van der Waals surface area contributed by atoms with Crippen LogP contribution in [0.15, 0.2) is 6.07 Å². The molecule has 1 N–H and O–H groups in total. The van der Waals surface area contributed by atoms with E-state index in [9.17, 15) is 0 Å². The van der Waals surface area contributed by atoms with Crippen LogP contribution in [0.5, 0.6) is 5.88 Å². The number of nitrogens with zero attached hydrogens (tertiary/aromatic N) is 1. The molecule has 3 nitrogen and oxygen atoms in total. The molecule has 1 aliphatic rings. The molecule has 3 heteroatoms. The second-order valence-corrected chi connectivity index (χ2v) is 6.40. The third-order valence-electron chi connectivity index (χ3n) is 4.62. The molecule has 0 aromatic carbocycles. The molecule has 1 aliphatic carbocycles. The van der Waals surface area contributed by atoms with E-state index in [1.165, 1.54) is 17.5 Å². The van der Waals surface area contributed by atoms with E-state index in [-0.39, 0.29) is 0 Å². The van der Waals surface area contributed by atoms with Crippen LogP contribution in [0.2, 0.25) is 0 Å². The third kappa shape index (κ3) is 3.51. The second kappa shape index (κ2) is 6.57. The van der Waals surface area contributed by atoms with Crippen molar-refractivity contribution in [3.05, 3.63) is 22.9 Å². The minimum Gasteiger partial charge on any atom is -0.474 e. The first-order chi connectivity index (χ1) is 9.51. The highest BCUT2D eigenvalue weighted by Crippen LogP contribution is 2.32. The molecule has 2 rings (SSSR count). The van der Waals surface area contributed by atoms with Crippen molar-refractivity contribution in [1.82, 2.24) is 10.3 Å². The molecular weight excluding hydrogens is 248 g/mol. The number of nitrogens with one attached hydrogen (secondary N) is 1. The molecule has 3 unspecified atom stereocenters. The van der Waals surface area contributed by atoms with Crippen LogP contribution < -0.4 is 10.1 Å². The maximum atomic E-state index is 6.27. The molecule has 1 saturated carbocycles. The SMILES string of the molecule is CNCc1c(C)cc(C)nc1OC1CCC(C)C(C)C1. The largest absolute Gasteiger partial charge is 0.474 e. The van der Waals surface area contributed by atoms with Crippen molar-refractivity contribution in [3.8, 4) is 5.88 Å². The van der Waals surface area contributed by atoms with Crippen molar-refractivity contribution in [2.24, 2.45) is 11.8 Å². The molecule has 1 aromatic rings. The zero-order valence-corrected chi connectivity index (χ0v) is 13.5. The lowest BCUT2D eigenvalue weighted by Crippen LogP contribution is -2.29. The summed E-state index contributed by atoms with van der Waals surface area (Å²) in [5, 5.41) is 3.22. The summed E-state index contributed by atoms with van der Waals surface area (Å²) in [7, 11) is 1.97. The second-order valence-electron chi connectivity index (χ2n) is 6.40. The number of pyridine rings is 1. The van der Waals surface area contributed by atoms with Gasteiger partial charge in [0.15, 0.2) is 0 Å². The van der Waals surface area contributed by atoms with Gasteiger partial charge >= 0.3 is 0 Å². The highest BCUT2D eigenvalue weighted by Gasteiger charge is 2.26. The lowest BCUT2D eigenvalue weighted by Gasteiger charge is -2.32. The normalized spacial score (nSPS) is 26.6. The summed E-state index contributed by atoms with van der Waals surface area (Å²) in [6.07, 6.45) is 3.89. The Morgan fingerprint density at radius 2 is 2.00 bits per heavy atom. The number of hydrogen-bond acceptors (Lipinski definition) is 3. The third-order valence-corrected chi connectivity index (χ3v) is 4.62. The van der Waals surface area contributed by atoms with Crippen LogP contribution in [0.25, 0.3) is 0 Å². The smallest absolute Gasteiger partial charge is 0.218 e. The summed E-state index contributed by atoms with van der Waals surface area (Å²) < 4.78 is 6.27. The fourth-order valence-corrected chi connectivity index (χ4v) is 3.08. The van der Waals surface area contributed by atoms with Gasteiger partial charge in [0, 0.05) is 17.8 Å². The first-order valence-electron chi connectivity index (χ1n) is 7.79. The van der Waals surface area contributed by atoms with Gasteiger partial charge in [-0.25, -0.2) is 4.98 Å². The summed E-state index contributed by atoms with van der Waals surface area (Å²) in [4.78, 5) is 4.63. The Labute approximate surface area is 123 Å². The molecular formula is C17H28N2O. The molecule has 20 heavy (non-hydrogen) atoms. The first-order valence-corrected chi connectivity index (χ1v) is 7.79. The van der Waals surface area contributed by atoms with Crippen LogP contribution in [0, 0.1) is 25.7 Å². The van der Waals surface area contributed by atoms with Crippen LogP contribution in [0.4, 0.5) is 0 Å². The van der Waals surface area contributed by atoms with E-state index in [1.807, 2.05) is 14.0 Å². The molecule has 112 valence electrons. The average molecular weight is 276 g/mol. The summed E-state index contributed by atoms with van der Waals surface area (Å²) in [6, 6.07) is 2.13. The Balaban J connectivity index is 2.16. The quantitative estimate of drug-likeness (QED) is 0.912. The molecule has 0 spiro atoms. The number of aryl methyl sites for hydroxylation is 2. The molecule has 1 aromatic heterocycles. The van der Waals surface area contributed by atoms with Crippen LogP contribution in [0.3, 0.4) is 0 Å². The predicted octanol–water partition coefficient (Wildman–Crippen LogP) is 3.62. The van der Waals surface area contributed by atoms with Gasteiger partial charge in [-0.3, -0.25) is 0 Å². The van der Waals surface area contributed by atoms with Crippen LogP contribution in [-0.4, -0.2) is 18.1 Å². The molecule has 0 amide bonds. The van der Waals surface area contributed by atoms with E-state index in [0.29, 0.717) is 6.10 Å². The summed E-state index contributed by atoms with van der Waals surface area (Å²) in [5.41, 5.74) is 3.50. The summed E-state index contributed by atoms with van der Waals surface area (Å²) in [5.74, 6) is 2.40. The van der Waals surface area contributed by atoms with Crippen molar-refractivity contribution in [2.75, 3.05) is 7.05 Å². The Morgan fingerprint density at radius 3 is 2.65 bits per heavy atom. The monoisotopic (exact) mass is 276 g/mol. The van der Waals surface area contributed by atoms with Gasteiger partial charge in [-0.15, -0.1) is 0 Å². The molecule has 3 atom stereocenters. The van der Waals surface area contributed by atoms with Crippen molar-refractivity contribution in [1.29, 1.82) is 0 Å². The average Bonchev–Trinajstić information content (AvgIpc) is 2.38. The maximum Gasteiger partial charge on any atom is 0.218 e. The Kier molecular flexibility index (Phi) is 5.03. The minimum atomic E-state index is 0.325. The van der Waals surface area contributed by atoms with Crippen molar-refractivity contribution in [2.45, 2.75) is 59.6 Å². The number of aromatic nitrogens is 1. The fraction of sp³-hybridized carbons (Fsp3) is 0.706. The summed E-state index contributed by atoms with van der Waals surface area (Å²) in [6.45, 7) is 9.67. The Bertz CT molecular complexity index is 459. The predicted molar refractivity (Wildman–Crippen MR) is 83.1 cm³/mol. The highest BCUT2D eigenvalue weighted by atomic mass is 16.5. The topological polar surface area (TPSA) is 34.2 Å². The van der Waals surface area contributed by atoms with E-state index in [4.69, 9.17) is 4.74 Å². The van der Waals surface area contributed by atoms with Gasteiger partial charge in [0.25, 0.3) is 0 Å². The van der Waals surface area contributed by atoms with Crippen LogP contribution in [-0.2, 0) is 6.54 Å². The number of hydrogen-bond donors (Lipinski definition) is 1. The van der Waals surface area contributed by atoms with Gasteiger partial charge in [-0.05, 0) is 63.6 Å². The molecule has 0 saturated heterocycles. The van der Waals surface area contributed by atoms with Gasteiger partial charge in [-0.1, -0.05) is 13.8 Å². The van der Waals surface area contributed by atoms with Gasteiger partial charge in [0.1, 0.15) is 6.10 Å². The maximum absolute atomic E-state index is 6.27. The number of rotatable bonds is 4.